The number of rotatable bonds is 6. The second-order valence-corrected chi connectivity index (χ2v) is 8.02. The first-order valence-corrected chi connectivity index (χ1v) is 10.1. The van der Waals surface area contributed by atoms with Gasteiger partial charge in [0.2, 0.25) is 6.54 Å². The van der Waals surface area contributed by atoms with Crippen LogP contribution in [0, 0.1) is 17.0 Å². The lowest BCUT2D eigenvalue weighted by atomic mass is 9.79. The van der Waals surface area contributed by atoms with E-state index in [9.17, 15) is 20.2 Å². The molecule has 2 aromatic heterocycles. The summed E-state index contributed by atoms with van der Waals surface area (Å²) in [6.07, 6.45) is 0. The van der Waals surface area contributed by atoms with Gasteiger partial charge in [-0.3, -0.25) is 10.1 Å². The highest BCUT2D eigenvalue weighted by Crippen LogP contribution is 2.40. The van der Waals surface area contributed by atoms with Crippen LogP contribution in [0.4, 0.5) is 0 Å². The van der Waals surface area contributed by atoms with E-state index in [0.717, 1.165) is 38.2 Å². The van der Waals surface area contributed by atoms with Crippen LogP contribution in [-0.2, 0) is 0 Å². The zero-order valence-corrected chi connectivity index (χ0v) is 16.5. The minimum absolute atomic E-state index is 0.226. The van der Waals surface area contributed by atoms with Crippen LogP contribution in [0.15, 0.2) is 60.0 Å². The molecule has 146 valence electrons. The number of aromatic amines is 1. The van der Waals surface area contributed by atoms with Gasteiger partial charge in [0.25, 0.3) is 0 Å². The summed E-state index contributed by atoms with van der Waals surface area (Å²) in [5.74, 6) is -0.417. The molecule has 0 saturated heterocycles. The Kier molecular flexibility index (Phi) is 5.23. The lowest BCUT2D eigenvalue weighted by Crippen LogP contribution is -2.29. The van der Waals surface area contributed by atoms with Crippen molar-refractivity contribution >= 4 is 34.8 Å². The van der Waals surface area contributed by atoms with Gasteiger partial charge in [-0.25, -0.2) is 0 Å². The fourth-order valence-corrected chi connectivity index (χ4v) is 4.57. The molecule has 3 N–H and O–H groups in total. The second-order valence-electron chi connectivity index (χ2n) is 7.05. The van der Waals surface area contributed by atoms with Gasteiger partial charge in [-0.1, -0.05) is 42.5 Å². The van der Waals surface area contributed by atoms with Crippen molar-refractivity contribution in [1.82, 2.24) is 4.98 Å². The average molecular weight is 406 g/mol. The zero-order valence-electron chi connectivity index (χ0n) is 15.7. The highest BCUT2D eigenvalue weighted by Gasteiger charge is 2.28. The number of nitrogens with zero attached hydrogens (tertiary/aromatic N) is 1. The van der Waals surface area contributed by atoms with E-state index in [4.69, 9.17) is 0 Å². The first-order valence-electron chi connectivity index (χ1n) is 9.18. The SMILES string of the molecule is Cc1ccc2c(C(C[N+](=O)[O-])c3cccs3)c(-c3cccc(B(O)O)c3)[nH]c2c1. The molecule has 0 saturated carbocycles. The van der Waals surface area contributed by atoms with Crippen molar-refractivity contribution in [3.05, 3.63) is 86.1 Å². The van der Waals surface area contributed by atoms with E-state index in [2.05, 4.69) is 4.98 Å². The molecule has 0 aliphatic heterocycles. The summed E-state index contributed by atoms with van der Waals surface area (Å²) >= 11 is 1.50. The molecule has 2 aromatic carbocycles. The number of H-pyrrole nitrogens is 1. The Labute approximate surface area is 171 Å². The van der Waals surface area contributed by atoms with Gasteiger partial charge >= 0.3 is 7.12 Å². The molecule has 29 heavy (non-hydrogen) atoms. The third kappa shape index (κ3) is 3.82. The monoisotopic (exact) mass is 406 g/mol. The van der Waals surface area contributed by atoms with Crippen LogP contribution in [0.1, 0.15) is 21.9 Å². The fourth-order valence-electron chi connectivity index (χ4n) is 3.74. The largest absolute Gasteiger partial charge is 0.488 e. The highest BCUT2D eigenvalue weighted by molar-refractivity contribution is 7.10. The second kappa shape index (κ2) is 7.83. The molecule has 0 fully saturated rings. The normalized spacial score (nSPS) is 12.2. The number of fused-ring (bicyclic) bond motifs is 1. The molecular weight excluding hydrogens is 387 g/mol. The molecule has 0 bridgehead atoms. The number of thiophene rings is 1. The van der Waals surface area contributed by atoms with E-state index in [0.29, 0.717) is 5.46 Å². The van der Waals surface area contributed by atoms with E-state index >= 15 is 0 Å². The smallest absolute Gasteiger partial charge is 0.423 e. The van der Waals surface area contributed by atoms with E-state index in [1.165, 1.54) is 11.3 Å². The first kappa shape index (κ1) is 19.4. The maximum Gasteiger partial charge on any atom is 0.488 e. The standard InChI is InChI=1S/C21H19BN2O4S/c1-13-7-8-16-18(10-13)23-21(14-4-2-5-15(11-14)22(25)26)20(16)17(12-24(27)28)19-6-3-9-29-19/h2-11,17,23,25-26H,12H2,1H3. The van der Waals surface area contributed by atoms with Crippen LogP contribution < -0.4 is 5.46 Å². The van der Waals surface area contributed by atoms with Crippen LogP contribution in [0.5, 0.6) is 0 Å². The maximum atomic E-state index is 11.5. The van der Waals surface area contributed by atoms with Gasteiger partial charge in [0.05, 0.1) is 11.6 Å². The Morgan fingerprint density at radius 3 is 2.69 bits per heavy atom. The number of aromatic nitrogens is 1. The first-order chi connectivity index (χ1) is 13.9. The Morgan fingerprint density at radius 2 is 2.00 bits per heavy atom. The Bertz CT molecular complexity index is 1170. The van der Waals surface area contributed by atoms with Crippen molar-refractivity contribution in [2.75, 3.05) is 6.54 Å². The number of nitrogens with one attached hydrogen (secondary N) is 1. The van der Waals surface area contributed by atoms with Crippen molar-refractivity contribution in [2.24, 2.45) is 0 Å². The quantitative estimate of drug-likeness (QED) is 0.260. The van der Waals surface area contributed by atoms with Crippen molar-refractivity contribution < 1.29 is 15.0 Å². The van der Waals surface area contributed by atoms with Gasteiger partial charge in [-0.2, -0.15) is 0 Å². The molecule has 8 heteroatoms. The summed E-state index contributed by atoms with van der Waals surface area (Å²) in [5, 5.41) is 33.5. The van der Waals surface area contributed by atoms with E-state index in [-0.39, 0.29) is 11.5 Å². The summed E-state index contributed by atoms with van der Waals surface area (Å²) in [6, 6.07) is 16.8. The lowest BCUT2D eigenvalue weighted by Gasteiger charge is -2.14. The van der Waals surface area contributed by atoms with Crippen molar-refractivity contribution in [1.29, 1.82) is 0 Å². The Balaban J connectivity index is 1.99. The molecule has 0 amide bonds. The highest BCUT2D eigenvalue weighted by atomic mass is 32.1. The summed E-state index contributed by atoms with van der Waals surface area (Å²) in [7, 11) is -1.59. The minimum atomic E-state index is -1.59. The number of aryl methyl sites for hydroxylation is 1. The molecular formula is C21H19BN2O4S. The van der Waals surface area contributed by atoms with Crippen LogP contribution in [-0.4, -0.2) is 33.6 Å². The molecule has 4 rings (SSSR count). The molecule has 1 atom stereocenters. The number of nitro groups is 1. The van der Waals surface area contributed by atoms with Gasteiger partial charge in [0.1, 0.15) is 0 Å². The van der Waals surface area contributed by atoms with Gasteiger partial charge < -0.3 is 15.0 Å². The van der Waals surface area contributed by atoms with Gasteiger partial charge in [0.15, 0.2) is 0 Å². The molecule has 0 spiro atoms. The van der Waals surface area contributed by atoms with Crippen LogP contribution in [0.25, 0.3) is 22.2 Å². The maximum absolute atomic E-state index is 11.5. The minimum Gasteiger partial charge on any atom is -0.423 e. The van der Waals surface area contributed by atoms with Crippen molar-refractivity contribution in [3.8, 4) is 11.3 Å². The van der Waals surface area contributed by atoms with Crippen molar-refractivity contribution in [3.63, 3.8) is 0 Å². The summed E-state index contributed by atoms with van der Waals surface area (Å²) in [4.78, 5) is 15.6. The summed E-state index contributed by atoms with van der Waals surface area (Å²) in [6.45, 7) is 1.77. The fraction of sp³-hybridized carbons (Fsp3) is 0.143. The van der Waals surface area contributed by atoms with Crippen LogP contribution in [0.3, 0.4) is 0 Å². The van der Waals surface area contributed by atoms with Gasteiger partial charge in [0, 0.05) is 26.3 Å². The third-order valence-corrected chi connectivity index (χ3v) is 6.02. The predicted molar refractivity (Wildman–Crippen MR) is 116 cm³/mol. The molecule has 6 nitrogen and oxygen atoms in total. The summed E-state index contributed by atoms with van der Waals surface area (Å²) < 4.78 is 0. The van der Waals surface area contributed by atoms with E-state index < -0.39 is 13.0 Å². The van der Waals surface area contributed by atoms with Crippen molar-refractivity contribution in [2.45, 2.75) is 12.8 Å². The molecule has 2 heterocycles. The molecule has 4 aromatic rings. The Hall–Kier alpha value is -2.94. The number of hydrogen-bond acceptors (Lipinski definition) is 5. The number of benzene rings is 2. The van der Waals surface area contributed by atoms with E-state index in [1.54, 1.807) is 18.2 Å². The molecule has 0 aliphatic carbocycles. The summed E-state index contributed by atoms with van der Waals surface area (Å²) in [5.41, 5.74) is 4.71. The number of hydrogen-bond donors (Lipinski definition) is 3. The molecule has 0 radical (unpaired) electrons. The van der Waals surface area contributed by atoms with E-state index in [1.807, 2.05) is 48.7 Å². The molecule has 1 unspecified atom stereocenters. The lowest BCUT2D eigenvalue weighted by molar-refractivity contribution is -0.481. The predicted octanol–water partition coefficient (Wildman–Crippen LogP) is 3.29. The topological polar surface area (TPSA) is 99.4 Å². The Morgan fingerprint density at radius 1 is 1.17 bits per heavy atom. The third-order valence-electron chi connectivity index (χ3n) is 5.03. The average Bonchev–Trinajstić information content (AvgIpc) is 3.34. The van der Waals surface area contributed by atoms with Gasteiger partial charge in [-0.05, 0) is 41.0 Å². The van der Waals surface area contributed by atoms with Gasteiger partial charge in [-0.15, -0.1) is 11.3 Å². The van der Waals surface area contributed by atoms with Crippen LogP contribution in [0.2, 0.25) is 0 Å². The van der Waals surface area contributed by atoms with Crippen LogP contribution >= 0.6 is 11.3 Å². The zero-order chi connectivity index (χ0) is 20.5. The molecule has 0 aliphatic rings.